The van der Waals surface area contributed by atoms with Crippen molar-refractivity contribution < 1.29 is 22.6 Å². The van der Waals surface area contributed by atoms with Crippen LogP contribution in [0.4, 0.5) is 5.69 Å². The largest absolute Gasteiger partial charge is 0.341 e. The summed E-state index contributed by atoms with van der Waals surface area (Å²) in [4.78, 5) is 30.2. The van der Waals surface area contributed by atoms with Crippen molar-refractivity contribution in [3.05, 3.63) is 65.2 Å². The first-order valence-corrected chi connectivity index (χ1v) is 11.8. The molecule has 2 unspecified atom stereocenters. The van der Waals surface area contributed by atoms with Crippen LogP contribution in [0.15, 0.2) is 48.5 Å². The standard InChI is InChI=1S/C23H26N2O5S/c1-16-10-11-19(14-17(16)2)25-20(21(26)24-12-6-7-13-24)15-23(22(25)27,31(28,29)30)18-8-4-3-5-9-18/h3-5,8-11,14,20H,6-7,12-13,15H2,1-2H3,(H,28,29,30). The molecule has 2 heterocycles. The second-order valence-electron chi connectivity index (χ2n) is 8.36. The molecule has 1 N–H and O–H groups in total. The minimum Gasteiger partial charge on any atom is -0.341 e. The molecule has 4 rings (SSSR count). The number of nitrogens with zero attached hydrogens (tertiary/aromatic N) is 2. The molecule has 164 valence electrons. The molecule has 0 bridgehead atoms. The van der Waals surface area contributed by atoms with Crippen molar-refractivity contribution in [3.8, 4) is 0 Å². The van der Waals surface area contributed by atoms with Gasteiger partial charge in [-0.15, -0.1) is 0 Å². The molecule has 2 atom stereocenters. The Morgan fingerprint density at radius 3 is 2.26 bits per heavy atom. The Bertz CT molecular complexity index is 1130. The second-order valence-corrected chi connectivity index (χ2v) is 10.0. The van der Waals surface area contributed by atoms with Gasteiger partial charge in [0.15, 0.2) is 0 Å². The Kier molecular flexibility index (Phi) is 5.39. The average Bonchev–Trinajstić information content (AvgIpc) is 3.37. The third-order valence-corrected chi connectivity index (χ3v) is 7.97. The molecule has 2 fully saturated rings. The summed E-state index contributed by atoms with van der Waals surface area (Å²) < 4.78 is 33.6. The summed E-state index contributed by atoms with van der Waals surface area (Å²) in [5.41, 5.74) is 2.55. The smallest absolute Gasteiger partial charge is 0.284 e. The SMILES string of the molecule is Cc1ccc(N2C(=O)C(c3ccccc3)(S(=O)(=O)O)CC2C(=O)N2CCCC2)cc1C. The second kappa shape index (κ2) is 7.76. The maximum atomic E-state index is 13.8. The fourth-order valence-electron chi connectivity index (χ4n) is 4.62. The highest BCUT2D eigenvalue weighted by Gasteiger charge is 2.63. The summed E-state index contributed by atoms with van der Waals surface area (Å²) in [6.45, 7) is 4.98. The van der Waals surface area contributed by atoms with Gasteiger partial charge in [-0.2, -0.15) is 8.42 Å². The third kappa shape index (κ3) is 3.43. The number of hydrogen-bond donors (Lipinski definition) is 1. The fraction of sp³-hybridized carbons (Fsp3) is 0.391. The Labute approximate surface area is 182 Å². The summed E-state index contributed by atoms with van der Waals surface area (Å²) in [5.74, 6) is -1.09. The number of aryl methyl sites for hydroxylation is 2. The van der Waals surface area contributed by atoms with E-state index in [1.807, 2.05) is 19.9 Å². The van der Waals surface area contributed by atoms with Crippen LogP contribution < -0.4 is 4.90 Å². The molecule has 0 radical (unpaired) electrons. The Balaban J connectivity index is 1.90. The van der Waals surface area contributed by atoms with Crippen LogP contribution in [-0.2, 0) is 24.5 Å². The van der Waals surface area contributed by atoms with Crippen LogP contribution in [0.25, 0.3) is 0 Å². The first-order chi connectivity index (χ1) is 14.7. The zero-order chi connectivity index (χ0) is 22.4. The van der Waals surface area contributed by atoms with E-state index in [0.717, 1.165) is 24.0 Å². The van der Waals surface area contributed by atoms with Crippen molar-refractivity contribution >= 4 is 27.6 Å². The van der Waals surface area contributed by atoms with Gasteiger partial charge in [-0.1, -0.05) is 36.4 Å². The number of likely N-dealkylation sites (tertiary alicyclic amines) is 1. The molecule has 8 heteroatoms. The molecule has 0 saturated carbocycles. The van der Waals surface area contributed by atoms with Gasteiger partial charge in [0, 0.05) is 25.2 Å². The highest BCUT2D eigenvalue weighted by atomic mass is 32.2. The molecule has 2 aliphatic heterocycles. The maximum Gasteiger partial charge on any atom is 0.284 e. The molecule has 2 saturated heterocycles. The number of amides is 2. The molecular weight excluding hydrogens is 416 g/mol. The van der Waals surface area contributed by atoms with Crippen LogP contribution in [-0.4, -0.2) is 48.8 Å². The summed E-state index contributed by atoms with van der Waals surface area (Å²) >= 11 is 0. The number of rotatable bonds is 4. The maximum absolute atomic E-state index is 13.8. The van der Waals surface area contributed by atoms with Crippen molar-refractivity contribution in [3.63, 3.8) is 0 Å². The number of carbonyl (C=O) groups is 2. The third-order valence-electron chi connectivity index (χ3n) is 6.51. The van der Waals surface area contributed by atoms with E-state index in [-0.39, 0.29) is 17.9 Å². The van der Waals surface area contributed by atoms with E-state index < -0.39 is 26.8 Å². The summed E-state index contributed by atoms with van der Waals surface area (Å²) in [7, 11) is -4.88. The van der Waals surface area contributed by atoms with E-state index in [2.05, 4.69) is 0 Å². The summed E-state index contributed by atoms with van der Waals surface area (Å²) in [5, 5.41) is 0. The number of anilines is 1. The molecule has 7 nitrogen and oxygen atoms in total. The van der Waals surface area contributed by atoms with Crippen LogP contribution in [0, 0.1) is 13.8 Å². The van der Waals surface area contributed by atoms with Crippen molar-refractivity contribution in [1.29, 1.82) is 0 Å². The van der Waals surface area contributed by atoms with E-state index in [9.17, 15) is 22.6 Å². The van der Waals surface area contributed by atoms with Crippen molar-refractivity contribution in [1.82, 2.24) is 4.90 Å². The quantitative estimate of drug-likeness (QED) is 0.735. The zero-order valence-corrected chi connectivity index (χ0v) is 18.4. The van der Waals surface area contributed by atoms with Gasteiger partial charge < -0.3 is 4.90 Å². The van der Waals surface area contributed by atoms with Gasteiger partial charge in [-0.05, 0) is 55.5 Å². The Hall–Kier alpha value is -2.71. The predicted octanol–water partition coefficient (Wildman–Crippen LogP) is 2.81. The molecule has 2 aliphatic rings. The van der Waals surface area contributed by atoms with E-state index in [1.54, 1.807) is 35.2 Å². The van der Waals surface area contributed by atoms with E-state index in [0.29, 0.717) is 18.8 Å². The van der Waals surface area contributed by atoms with Gasteiger partial charge in [-0.25, -0.2) is 0 Å². The zero-order valence-electron chi connectivity index (χ0n) is 17.6. The summed E-state index contributed by atoms with van der Waals surface area (Å²) in [6, 6.07) is 12.3. The molecule has 31 heavy (non-hydrogen) atoms. The molecule has 2 aromatic carbocycles. The lowest BCUT2D eigenvalue weighted by Crippen LogP contribution is -2.47. The molecule has 2 aromatic rings. The van der Waals surface area contributed by atoms with E-state index >= 15 is 0 Å². The first kappa shape index (κ1) is 21.5. The lowest BCUT2D eigenvalue weighted by atomic mass is 9.94. The predicted molar refractivity (Wildman–Crippen MR) is 117 cm³/mol. The van der Waals surface area contributed by atoms with Gasteiger partial charge in [0.1, 0.15) is 6.04 Å². The fourth-order valence-corrected chi connectivity index (χ4v) is 5.74. The van der Waals surface area contributed by atoms with Gasteiger partial charge in [0.05, 0.1) is 0 Å². The van der Waals surface area contributed by atoms with E-state index in [4.69, 9.17) is 0 Å². The molecule has 2 amide bonds. The van der Waals surface area contributed by atoms with Crippen LogP contribution in [0.1, 0.15) is 36.0 Å². The minimum absolute atomic E-state index is 0.160. The van der Waals surface area contributed by atoms with Gasteiger partial charge >= 0.3 is 0 Å². The topological polar surface area (TPSA) is 95.0 Å². The van der Waals surface area contributed by atoms with Gasteiger partial charge in [0.25, 0.3) is 16.0 Å². The Morgan fingerprint density at radius 2 is 1.68 bits per heavy atom. The highest BCUT2D eigenvalue weighted by molar-refractivity contribution is 7.87. The van der Waals surface area contributed by atoms with Crippen LogP contribution in [0.2, 0.25) is 0 Å². The van der Waals surface area contributed by atoms with E-state index in [1.165, 1.54) is 17.0 Å². The van der Waals surface area contributed by atoms with Crippen molar-refractivity contribution in [2.75, 3.05) is 18.0 Å². The van der Waals surface area contributed by atoms with Crippen LogP contribution in [0.5, 0.6) is 0 Å². The van der Waals surface area contributed by atoms with Crippen LogP contribution >= 0.6 is 0 Å². The van der Waals surface area contributed by atoms with Gasteiger partial charge in [0.2, 0.25) is 10.7 Å². The first-order valence-electron chi connectivity index (χ1n) is 10.4. The monoisotopic (exact) mass is 442 g/mol. The number of carbonyl (C=O) groups excluding carboxylic acids is 2. The number of benzene rings is 2. The summed E-state index contributed by atoms with van der Waals surface area (Å²) in [6.07, 6.45) is 1.41. The molecular formula is C23H26N2O5S. The van der Waals surface area contributed by atoms with Gasteiger partial charge in [-0.3, -0.25) is 19.0 Å². The van der Waals surface area contributed by atoms with Crippen molar-refractivity contribution in [2.45, 2.75) is 43.9 Å². The lowest BCUT2D eigenvalue weighted by molar-refractivity contribution is -0.132. The normalized spacial score (nSPS) is 24.1. The average molecular weight is 443 g/mol. The van der Waals surface area contributed by atoms with Crippen molar-refractivity contribution in [2.24, 2.45) is 0 Å². The molecule has 0 aromatic heterocycles. The Morgan fingerprint density at radius 1 is 1.03 bits per heavy atom. The minimum atomic E-state index is -4.88. The lowest BCUT2D eigenvalue weighted by Gasteiger charge is -2.28. The molecule has 0 spiro atoms. The number of hydrogen-bond acceptors (Lipinski definition) is 4. The van der Waals surface area contributed by atoms with Crippen LogP contribution in [0.3, 0.4) is 0 Å². The highest BCUT2D eigenvalue weighted by Crippen LogP contribution is 2.46. The molecule has 0 aliphatic carbocycles.